The minimum absolute atomic E-state index is 0.404. The van der Waals surface area contributed by atoms with E-state index in [4.69, 9.17) is 0 Å². The highest BCUT2D eigenvalue weighted by Crippen LogP contribution is 2.36. The Kier molecular flexibility index (Phi) is 2.52. The van der Waals surface area contributed by atoms with Crippen molar-refractivity contribution in [2.75, 3.05) is 0 Å². The van der Waals surface area contributed by atoms with E-state index in [1.165, 1.54) is 4.88 Å². The molecule has 0 N–H and O–H groups in total. The van der Waals surface area contributed by atoms with Gasteiger partial charge in [-0.2, -0.15) is 0 Å². The van der Waals surface area contributed by atoms with Gasteiger partial charge in [0.1, 0.15) is 5.00 Å². The van der Waals surface area contributed by atoms with Crippen LogP contribution in [0.5, 0.6) is 0 Å². The third-order valence-electron chi connectivity index (χ3n) is 3.20. The van der Waals surface area contributed by atoms with E-state index in [-0.39, 0.29) is 0 Å². The summed E-state index contributed by atoms with van der Waals surface area (Å²) in [5.74, 6) is -1.05. The predicted octanol–water partition coefficient (Wildman–Crippen LogP) is 1.78. The van der Waals surface area contributed by atoms with E-state index in [9.17, 15) is 9.90 Å². The Morgan fingerprint density at radius 1 is 1.24 bits per heavy atom. The summed E-state index contributed by atoms with van der Waals surface area (Å²) < 4.78 is 1.87. The molecule has 0 radical (unpaired) electrons. The SMILES string of the molecule is O=C([O-])c1c(-n2cccc2)sc2c1CCCC2. The van der Waals surface area contributed by atoms with Gasteiger partial charge in [0.25, 0.3) is 0 Å². The summed E-state index contributed by atoms with van der Waals surface area (Å²) in [6, 6.07) is 3.80. The molecule has 3 nitrogen and oxygen atoms in total. The zero-order valence-corrected chi connectivity index (χ0v) is 10.1. The van der Waals surface area contributed by atoms with Crippen LogP contribution in [0.15, 0.2) is 24.5 Å². The molecule has 0 saturated carbocycles. The van der Waals surface area contributed by atoms with E-state index in [2.05, 4.69) is 0 Å². The molecule has 2 heterocycles. The van der Waals surface area contributed by atoms with Gasteiger partial charge in [0.15, 0.2) is 0 Å². The fourth-order valence-electron chi connectivity index (χ4n) is 2.41. The molecule has 1 aliphatic carbocycles. The molecule has 0 atom stereocenters. The third-order valence-corrected chi connectivity index (χ3v) is 4.50. The topological polar surface area (TPSA) is 45.1 Å². The number of aromatic nitrogens is 1. The summed E-state index contributed by atoms with van der Waals surface area (Å²) in [6.07, 6.45) is 7.87. The van der Waals surface area contributed by atoms with Crippen molar-refractivity contribution in [3.8, 4) is 5.00 Å². The minimum Gasteiger partial charge on any atom is -0.545 e. The highest BCUT2D eigenvalue weighted by Gasteiger charge is 2.21. The lowest BCUT2D eigenvalue weighted by Gasteiger charge is -2.13. The van der Waals surface area contributed by atoms with Crippen molar-refractivity contribution in [2.24, 2.45) is 0 Å². The number of carboxylic acid groups (broad SMARTS) is 1. The standard InChI is InChI=1S/C13H13NO2S/c15-13(16)11-9-5-1-2-6-10(9)17-12(11)14-7-3-4-8-14/h3-4,7-8H,1-2,5-6H2,(H,15,16)/p-1. The summed E-state index contributed by atoms with van der Waals surface area (Å²) in [5, 5.41) is 12.1. The molecule has 0 bridgehead atoms. The van der Waals surface area contributed by atoms with Gasteiger partial charge in [-0.3, -0.25) is 0 Å². The molecular formula is C13H12NO2S-. The second-order valence-corrected chi connectivity index (χ2v) is 5.35. The van der Waals surface area contributed by atoms with Crippen LogP contribution in [0, 0.1) is 0 Å². The largest absolute Gasteiger partial charge is 0.545 e. The zero-order chi connectivity index (χ0) is 11.8. The maximum atomic E-state index is 11.3. The Morgan fingerprint density at radius 2 is 1.94 bits per heavy atom. The van der Waals surface area contributed by atoms with Crippen LogP contribution in [0.2, 0.25) is 0 Å². The Morgan fingerprint density at radius 3 is 2.65 bits per heavy atom. The maximum absolute atomic E-state index is 11.3. The maximum Gasteiger partial charge on any atom is 0.109 e. The molecule has 17 heavy (non-hydrogen) atoms. The Balaban J connectivity index is 2.21. The number of carbonyl (C=O) groups is 1. The number of rotatable bonds is 2. The van der Waals surface area contributed by atoms with Gasteiger partial charge in [0.2, 0.25) is 0 Å². The first kappa shape index (κ1) is 10.6. The monoisotopic (exact) mass is 246 g/mol. The lowest BCUT2D eigenvalue weighted by molar-refractivity contribution is -0.255. The zero-order valence-electron chi connectivity index (χ0n) is 9.31. The van der Waals surface area contributed by atoms with Crippen molar-refractivity contribution in [3.63, 3.8) is 0 Å². The molecule has 88 valence electrons. The molecule has 0 spiro atoms. The molecule has 0 fully saturated rings. The summed E-state index contributed by atoms with van der Waals surface area (Å²) in [7, 11) is 0. The van der Waals surface area contributed by atoms with Crippen LogP contribution in [0.4, 0.5) is 0 Å². The highest BCUT2D eigenvalue weighted by atomic mass is 32.1. The molecule has 2 aromatic heterocycles. The van der Waals surface area contributed by atoms with Crippen LogP contribution in [-0.4, -0.2) is 10.5 Å². The van der Waals surface area contributed by atoms with Crippen LogP contribution in [-0.2, 0) is 12.8 Å². The van der Waals surface area contributed by atoms with Crippen molar-refractivity contribution in [2.45, 2.75) is 25.7 Å². The number of hydrogen-bond donors (Lipinski definition) is 0. The van der Waals surface area contributed by atoms with Gasteiger partial charge < -0.3 is 14.5 Å². The highest BCUT2D eigenvalue weighted by molar-refractivity contribution is 7.15. The number of aromatic carboxylic acids is 1. The number of carboxylic acids is 1. The summed E-state index contributed by atoms with van der Waals surface area (Å²) >= 11 is 1.59. The van der Waals surface area contributed by atoms with Gasteiger partial charge in [0, 0.05) is 22.8 Å². The first-order valence-corrected chi connectivity index (χ1v) is 6.58. The summed E-state index contributed by atoms with van der Waals surface area (Å²) in [5.41, 5.74) is 1.41. The first-order valence-electron chi connectivity index (χ1n) is 5.76. The van der Waals surface area contributed by atoms with E-state index in [1.54, 1.807) is 11.3 Å². The fourth-order valence-corrected chi connectivity index (χ4v) is 3.76. The van der Waals surface area contributed by atoms with Crippen molar-refractivity contribution in [1.29, 1.82) is 0 Å². The summed E-state index contributed by atoms with van der Waals surface area (Å²) in [6.45, 7) is 0. The van der Waals surface area contributed by atoms with Gasteiger partial charge >= 0.3 is 0 Å². The molecule has 0 saturated heterocycles. The van der Waals surface area contributed by atoms with Gasteiger partial charge in [-0.1, -0.05) is 0 Å². The molecule has 4 heteroatoms. The molecule has 0 unspecified atom stereocenters. The second kappa shape index (κ2) is 4.04. The van der Waals surface area contributed by atoms with Crippen LogP contribution >= 0.6 is 11.3 Å². The molecule has 0 amide bonds. The first-order chi connectivity index (χ1) is 8.27. The number of hydrogen-bond acceptors (Lipinski definition) is 3. The smallest absolute Gasteiger partial charge is 0.109 e. The normalized spacial score (nSPS) is 14.6. The van der Waals surface area contributed by atoms with Crippen molar-refractivity contribution >= 4 is 17.3 Å². The van der Waals surface area contributed by atoms with E-state index < -0.39 is 5.97 Å². The van der Waals surface area contributed by atoms with E-state index in [0.717, 1.165) is 36.2 Å². The minimum atomic E-state index is -1.05. The summed E-state index contributed by atoms with van der Waals surface area (Å²) in [4.78, 5) is 12.6. The van der Waals surface area contributed by atoms with Gasteiger partial charge in [0.05, 0.1) is 5.97 Å². The molecule has 1 aliphatic rings. The fraction of sp³-hybridized carbons (Fsp3) is 0.308. The third kappa shape index (κ3) is 1.69. The average molecular weight is 246 g/mol. The molecular weight excluding hydrogens is 234 g/mol. The predicted molar refractivity (Wildman–Crippen MR) is 64.6 cm³/mol. The van der Waals surface area contributed by atoms with Crippen molar-refractivity contribution in [1.82, 2.24) is 4.57 Å². The Labute approximate surface area is 103 Å². The average Bonchev–Trinajstić information content (AvgIpc) is 2.95. The van der Waals surface area contributed by atoms with Crippen molar-refractivity contribution in [3.05, 3.63) is 40.5 Å². The van der Waals surface area contributed by atoms with Crippen LogP contribution < -0.4 is 5.11 Å². The van der Waals surface area contributed by atoms with Crippen LogP contribution in [0.25, 0.3) is 5.00 Å². The van der Waals surface area contributed by atoms with Gasteiger partial charge in [-0.05, 0) is 43.4 Å². The molecule has 0 aromatic carbocycles. The Hall–Kier alpha value is -1.55. The Bertz CT molecular complexity index is 554. The molecule has 3 rings (SSSR count). The quantitative estimate of drug-likeness (QED) is 0.810. The second-order valence-electron chi connectivity index (χ2n) is 4.27. The van der Waals surface area contributed by atoms with E-state index in [1.807, 2.05) is 29.1 Å². The van der Waals surface area contributed by atoms with Gasteiger partial charge in [-0.15, -0.1) is 11.3 Å². The molecule has 2 aromatic rings. The number of fused-ring (bicyclic) bond motifs is 1. The van der Waals surface area contributed by atoms with E-state index in [0.29, 0.717) is 5.56 Å². The number of aryl methyl sites for hydroxylation is 1. The lowest BCUT2D eigenvalue weighted by atomic mass is 9.95. The number of carbonyl (C=O) groups excluding carboxylic acids is 1. The lowest BCUT2D eigenvalue weighted by Crippen LogP contribution is -2.25. The number of thiophene rings is 1. The van der Waals surface area contributed by atoms with Crippen LogP contribution in [0.3, 0.4) is 0 Å². The van der Waals surface area contributed by atoms with E-state index >= 15 is 0 Å². The van der Waals surface area contributed by atoms with Gasteiger partial charge in [-0.25, -0.2) is 0 Å². The molecule has 0 aliphatic heterocycles. The van der Waals surface area contributed by atoms with Crippen molar-refractivity contribution < 1.29 is 9.90 Å². The number of nitrogens with zero attached hydrogens (tertiary/aromatic N) is 1. The van der Waals surface area contributed by atoms with Crippen LogP contribution in [0.1, 0.15) is 33.6 Å².